The first-order valence-corrected chi connectivity index (χ1v) is 6.92. The first-order valence-electron chi connectivity index (χ1n) is 6.92. The van der Waals surface area contributed by atoms with Gasteiger partial charge in [0.1, 0.15) is 5.60 Å². The molecule has 106 valence electrons. The lowest BCUT2D eigenvalue weighted by atomic mass is 9.90. The summed E-state index contributed by atoms with van der Waals surface area (Å²) in [5, 5.41) is 9.15. The molecule has 0 saturated heterocycles. The van der Waals surface area contributed by atoms with E-state index in [0.29, 0.717) is 12.4 Å². The highest BCUT2D eigenvalue weighted by Gasteiger charge is 2.35. The summed E-state index contributed by atoms with van der Waals surface area (Å²) in [4.78, 5) is 10.6. The van der Waals surface area contributed by atoms with Gasteiger partial charge >= 0.3 is 0 Å². The van der Waals surface area contributed by atoms with E-state index in [2.05, 4.69) is 6.92 Å². The van der Waals surface area contributed by atoms with Gasteiger partial charge in [-0.3, -0.25) is 4.79 Å². The summed E-state index contributed by atoms with van der Waals surface area (Å²) < 4.78 is 10.5. The molecule has 4 heteroatoms. The Bertz CT molecular complexity index is 232. The van der Waals surface area contributed by atoms with E-state index in [-0.39, 0.29) is 18.3 Å². The highest BCUT2D eigenvalue weighted by molar-refractivity contribution is 5.38. The minimum absolute atomic E-state index is 0.0631. The number of carbonyl (C=O) groups excluding carboxylic acids is 1. The standard InChI is InChI=1S/C14H26O4/c1-12(13(10-15)17-2)6-5-9-14(18-11-16)7-3-4-8-14/h11-13,15H,3-10H2,1-2H3. The van der Waals surface area contributed by atoms with Crippen LogP contribution in [0.3, 0.4) is 0 Å². The lowest BCUT2D eigenvalue weighted by Crippen LogP contribution is -2.29. The van der Waals surface area contributed by atoms with Gasteiger partial charge in [-0.2, -0.15) is 0 Å². The molecule has 0 heterocycles. The van der Waals surface area contributed by atoms with Crippen LogP contribution in [-0.4, -0.2) is 37.0 Å². The molecule has 4 nitrogen and oxygen atoms in total. The average Bonchev–Trinajstić information content (AvgIpc) is 2.80. The summed E-state index contributed by atoms with van der Waals surface area (Å²) in [7, 11) is 1.63. The topological polar surface area (TPSA) is 55.8 Å². The van der Waals surface area contributed by atoms with Crippen molar-refractivity contribution < 1.29 is 19.4 Å². The Morgan fingerprint density at radius 2 is 2.06 bits per heavy atom. The van der Waals surface area contributed by atoms with Gasteiger partial charge in [0.15, 0.2) is 0 Å². The second kappa shape index (κ2) is 7.74. The molecule has 0 radical (unpaired) electrons. The highest BCUT2D eigenvalue weighted by Crippen LogP contribution is 2.37. The maximum atomic E-state index is 10.6. The van der Waals surface area contributed by atoms with Crippen LogP contribution in [0, 0.1) is 5.92 Å². The molecular weight excluding hydrogens is 232 g/mol. The van der Waals surface area contributed by atoms with E-state index >= 15 is 0 Å². The summed E-state index contributed by atoms with van der Waals surface area (Å²) in [6.45, 7) is 2.75. The number of methoxy groups -OCH3 is 1. The lowest BCUT2D eigenvalue weighted by molar-refractivity contribution is -0.144. The van der Waals surface area contributed by atoms with Gasteiger partial charge in [-0.15, -0.1) is 0 Å². The zero-order valence-electron chi connectivity index (χ0n) is 11.6. The van der Waals surface area contributed by atoms with Gasteiger partial charge in [0.25, 0.3) is 6.47 Å². The van der Waals surface area contributed by atoms with Crippen molar-refractivity contribution in [2.45, 2.75) is 63.6 Å². The van der Waals surface area contributed by atoms with Gasteiger partial charge in [-0.1, -0.05) is 6.92 Å². The number of aliphatic hydroxyl groups excluding tert-OH is 1. The Kier molecular flexibility index (Phi) is 6.65. The molecule has 0 aliphatic heterocycles. The van der Waals surface area contributed by atoms with E-state index in [1.165, 1.54) is 0 Å². The Balaban J connectivity index is 2.32. The number of hydrogen-bond donors (Lipinski definition) is 1. The third kappa shape index (κ3) is 4.25. The SMILES string of the molecule is COC(CO)C(C)CCCC1(OC=O)CCCC1. The fourth-order valence-corrected chi connectivity index (χ4v) is 2.97. The summed E-state index contributed by atoms with van der Waals surface area (Å²) in [5.41, 5.74) is -0.205. The Morgan fingerprint density at radius 1 is 1.39 bits per heavy atom. The number of carbonyl (C=O) groups is 1. The molecular formula is C14H26O4. The molecule has 0 aromatic rings. The van der Waals surface area contributed by atoms with Crippen molar-refractivity contribution in [1.29, 1.82) is 0 Å². The maximum absolute atomic E-state index is 10.6. The molecule has 1 aliphatic carbocycles. The van der Waals surface area contributed by atoms with Crippen LogP contribution in [0.15, 0.2) is 0 Å². The van der Waals surface area contributed by atoms with Crippen molar-refractivity contribution in [2.24, 2.45) is 5.92 Å². The molecule has 1 N–H and O–H groups in total. The van der Waals surface area contributed by atoms with Crippen molar-refractivity contribution in [3.8, 4) is 0 Å². The van der Waals surface area contributed by atoms with E-state index in [0.717, 1.165) is 44.9 Å². The van der Waals surface area contributed by atoms with Gasteiger partial charge in [-0.25, -0.2) is 0 Å². The van der Waals surface area contributed by atoms with Gasteiger partial charge in [0.05, 0.1) is 12.7 Å². The third-order valence-electron chi connectivity index (χ3n) is 4.22. The predicted octanol–water partition coefficient (Wildman–Crippen LogP) is 2.29. The van der Waals surface area contributed by atoms with E-state index in [9.17, 15) is 4.79 Å². The van der Waals surface area contributed by atoms with E-state index in [1.54, 1.807) is 7.11 Å². The number of rotatable bonds is 9. The molecule has 1 fully saturated rings. The molecule has 1 rings (SSSR count). The monoisotopic (exact) mass is 258 g/mol. The van der Waals surface area contributed by atoms with Crippen LogP contribution in [0.5, 0.6) is 0 Å². The molecule has 0 spiro atoms. The minimum Gasteiger partial charge on any atom is -0.461 e. The van der Waals surface area contributed by atoms with Gasteiger partial charge in [0, 0.05) is 7.11 Å². The quantitative estimate of drug-likeness (QED) is 0.645. The van der Waals surface area contributed by atoms with Crippen molar-refractivity contribution in [2.75, 3.05) is 13.7 Å². The molecule has 2 atom stereocenters. The van der Waals surface area contributed by atoms with Gasteiger partial charge in [0.2, 0.25) is 0 Å². The average molecular weight is 258 g/mol. The van der Waals surface area contributed by atoms with Crippen LogP contribution < -0.4 is 0 Å². The molecule has 18 heavy (non-hydrogen) atoms. The largest absolute Gasteiger partial charge is 0.461 e. The maximum Gasteiger partial charge on any atom is 0.293 e. The number of ether oxygens (including phenoxy) is 2. The fourth-order valence-electron chi connectivity index (χ4n) is 2.97. The predicted molar refractivity (Wildman–Crippen MR) is 69.2 cm³/mol. The van der Waals surface area contributed by atoms with Crippen LogP contribution in [-0.2, 0) is 14.3 Å². The summed E-state index contributed by atoms with van der Waals surface area (Å²) in [5.74, 6) is 0.328. The van der Waals surface area contributed by atoms with E-state index in [1.807, 2.05) is 0 Å². The summed E-state index contributed by atoms with van der Waals surface area (Å²) in [6, 6.07) is 0. The molecule has 1 saturated carbocycles. The summed E-state index contributed by atoms with van der Waals surface area (Å²) in [6.07, 6.45) is 7.13. The minimum atomic E-state index is -0.205. The third-order valence-corrected chi connectivity index (χ3v) is 4.22. The van der Waals surface area contributed by atoms with Gasteiger partial charge in [-0.05, 0) is 50.9 Å². The van der Waals surface area contributed by atoms with E-state index in [4.69, 9.17) is 14.6 Å². The zero-order chi connectivity index (χ0) is 13.4. The number of aliphatic hydroxyl groups is 1. The Hall–Kier alpha value is -0.610. The Labute approximate surface area is 110 Å². The molecule has 0 bridgehead atoms. The van der Waals surface area contributed by atoms with Crippen molar-refractivity contribution in [1.82, 2.24) is 0 Å². The molecule has 1 aliphatic rings. The second-order valence-electron chi connectivity index (χ2n) is 5.43. The van der Waals surface area contributed by atoms with Crippen molar-refractivity contribution in [3.63, 3.8) is 0 Å². The Morgan fingerprint density at radius 3 is 2.56 bits per heavy atom. The lowest BCUT2D eigenvalue weighted by Gasteiger charge is -2.28. The smallest absolute Gasteiger partial charge is 0.293 e. The van der Waals surface area contributed by atoms with Crippen molar-refractivity contribution >= 4 is 6.47 Å². The first kappa shape index (κ1) is 15.4. The molecule has 0 aromatic carbocycles. The summed E-state index contributed by atoms with van der Waals surface area (Å²) >= 11 is 0. The zero-order valence-corrected chi connectivity index (χ0v) is 11.6. The van der Waals surface area contributed by atoms with Gasteiger partial charge < -0.3 is 14.6 Å². The second-order valence-corrected chi connectivity index (χ2v) is 5.43. The first-order chi connectivity index (χ1) is 8.67. The van der Waals surface area contributed by atoms with Crippen LogP contribution >= 0.6 is 0 Å². The molecule has 2 unspecified atom stereocenters. The van der Waals surface area contributed by atoms with Crippen LogP contribution in [0.4, 0.5) is 0 Å². The van der Waals surface area contributed by atoms with Crippen LogP contribution in [0.25, 0.3) is 0 Å². The van der Waals surface area contributed by atoms with Crippen molar-refractivity contribution in [3.05, 3.63) is 0 Å². The molecule has 0 amide bonds. The van der Waals surface area contributed by atoms with E-state index < -0.39 is 0 Å². The van der Waals surface area contributed by atoms with Crippen LogP contribution in [0.2, 0.25) is 0 Å². The number of hydrogen-bond acceptors (Lipinski definition) is 4. The highest BCUT2D eigenvalue weighted by atomic mass is 16.5. The normalized spacial score (nSPS) is 21.5. The molecule has 0 aromatic heterocycles. The van der Waals surface area contributed by atoms with Crippen LogP contribution in [0.1, 0.15) is 51.9 Å². The fraction of sp³-hybridized carbons (Fsp3) is 0.929.